The summed E-state index contributed by atoms with van der Waals surface area (Å²) in [5.74, 6) is -0.180. The van der Waals surface area contributed by atoms with Crippen LogP contribution in [0.25, 0.3) is 0 Å². The maximum Gasteiger partial charge on any atom is 0.409 e. The Bertz CT molecular complexity index is 991. The van der Waals surface area contributed by atoms with Gasteiger partial charge < -0.3 is 24.8 Å². The molecule has 1 aliphatic heterocycles. The van der Waals surface area contributed by atoms with Crippen molar-refractivity contribution in [2.75, 3.05) is 38.1 Å². The normalized spacial score (nSPS) is 13.7. The van der Waals surface area contributed by atoms with Crippen LogP contribution in [0.3, 0.4) is 0 Å². The van der Waals surface area contributed by atoms with Gasteiger partial charge in [0.1, 0.15) is 10.7 Å². The van der Waals surface area contributed by atoms with Crippen LogP contribution in [0, 0.1) is 0 Å². The Morgan fingerprint density at radius 3 is 2.55 bits per heavy atom. The predicted molar refractivity (Wildman–Crippen MR) is 128 cm³/mol. The van der Waals surface area contributed by atoms with Gasteiger partial charge in [-0.05, 0) is 39.0 Å². The summed E-state index contributed by atoms with van der Waals surface area (Å²) in [6.07, 6.45) is -0.356. The van der Waals surface area contributed by atoms with Gasteiger partial charge in [0, 0.05) is 48.3 Å². The van der Waals surface area contributed by atoms with Crippen LogP contribution in [0.4, 0.5) is 15.3 Å². The van der Waals surface area contributed by atoms with Gasteiger partial charge in [-0.2, -0.15) is 0 Å². The second-order valence-electron chi connectivity index (χ2n) is 7.77. The van der Waals surface area contributed by atoms with Crippen molar-refractivity contribution in [1.29, 1.82) is 0 Å². The smallest absolute Gasteiger partial charge is 0.409 e. The fourth-order valence-electron chi connectivity index (χ4n) is 3.35. The van der Waals surface area contributed by atoms with Gasteiger partial charge in [-0.3, -0.25) is 4.79 Å². The van der Waals surface area contributed by atoms with Crippen molar-refractivity contribution in [2.24, 2.45) is 0 Å². The standard InChI is InChI=1S/C22H28ClN5O4S/c1-4-32-22(31)27-10-8-26(9-11-27)20(29)18-14-33-19(25-18)13-28(15(2)3)21(30)24-17-7-5-6-16(23)12-17/h5-7,12,14-15H,4,8-11,13H2,1-3H3,(H,24,30). The minimum Gasteiger partial charge on any atom is -0.450 e. The molecule has 0 aliphatic carbocycles. The van der Waals surface area contributed by atoms with Crippen molar-refractivity contribution < 1.29 is 19.1 Å². The Kier molecular flexibility index (Phi) is 8.51. The molecule has 11 heteroatoms. The molecule has 0 saturated carbocycles. The van der Waals surface area contributed by atoms with Crippen LogP contribution in [0.15, 0.2) is 29.6 Å². The van der Waals surface area contributed by atoms with E-state index in [1.54, 1.807) is 51.3 Å². The molecule has 1 aromatic carbocycles. The third-order valence-corrected chi connectivity index (χ3v) is 6.20. The molecule has 178 valence electrons. The van der Waals surface area contributed by atoms with Crippen molar-refractivity contribution in [1.82, 2.24) is 19.7 Å². The highest BCUT2D eigenvalue weighted by molar-refractivity contribution is 7.09. The van der Waals surface area contributed by atoms with Crippen LogP contribution in [0.1, 0.15) is 36.3 Å². The SMILES string of the molecule is CCOC(=O)N1CCN(C(=O)c2csc(CN(C(=O)Nc3cccc(Cl)c3)C(C)C)n2)CC1. The highest BCUT2D eigenvalue weighted by atomic mass is 35.5. The van der Waals surface area contributed by atoms with Gasteiger partial charge in [-0.15, -0.1) is 11.3 Å². The molecule has 3 rings (SSSR count). The van der Waals surface area contributed by atoms with Crippen molar-refractivity contribution in [3.63, 3.8) is 0 Å². The Labute approximate surface area is 202 Å². The number of nitrogens with zero attached hydrogens (tertiary/aromatic N) is 4. The van der Waals surface area contributed by atoms with Gasteiger partial charge in [-0.1, -0.05) is 17.7 Å². The number of ether oxygens (including phenoxy) is 1. The molecule has 4 amide bonds. The van der Waals surface area contributed by atoms with Crippen molar-refractivity contribution in [3.8, 4) is 0 Å². The number of urea groups is 1. The summed E-state index contributed by atoms with van der Waals surface area (Å²) in [5.41, 5.74) is 0.952. The average Bonchev–Trinajstić information content (AvgIpc) is 3.26. The van der Waals surface area contributed by atoms with E-state index in [4.69, 9.17) is 16.3 Å². The number of anilines is 1. The molecular formula is C22H28ClN5O4S. The zero-order chi connectivity index (χ0) is 24.0. The Morgan fingerprint density at radius 1 is 1.21 bits per heavy atom. The lowest BCUT2D eigenvalue weighted by Gasteiger charge is -2.33. The van der Waals surface area contributed by atoms with Crippen molar-refractivity contribution in [2.45, 2.75) is 33.4 Å². The minimum atomic E-state index is -0.356. The predicted octanol–water partition coefficient (Wildman–Crippen LogP) is 4.15. The van der Waals surface area contributed by atoms with E-state index in [0.717, 1.165) is 0 Å². The molecule has 2 aromatic rings. The summed E-state index contributed by atoms with van der Waals surface area (Å²) < 4.78 is 5.01. The minimum absolute atomic E-state index is 0.0804. The first-order valence-electron chi connectivity index (χ1n) is 10.8. The maximum atomic E-state index is 12.9. The van der Waals surface area contributed by atoms with E-state index in [0.29, 0.717) is 54.2 Å². The third kappa shape index (κ3) is 6.58. The molecule has 0 atom stereocenters. The Hall–Kier alpha value is -2.85. The number of rotatable bonds is 6. The summed E-state index contributed by atoms with van der Waals surface area (Å²) in [6, 6.07) is 6.60. The summed E-state index contributed by atoms with van der Waals surface area (Å²) >= 11 is 7.34. The van der Waals surface area contributed by atoms with E-state index in [2.05, 4.69) is 10.3 Å². The lowest BCUT2D eigenvalue weighted by atomic mass is 10.3. The quantitative estimate of drug-likeness (QED) is 0.652. The van der Waals surface area contributed by atoms with E-state index in [1.807, 2.05) is 13.8 Å². The first kappa shape index (κ1) is 24.8. The zero-order valence-corrected chi connectivity index (χ0v) is 20.5. The van der Waals surface area contributed by atoms with Crippen molar-refractivity contribution >= 4 is 46.7 Å². The van der Waals surface area contributed by atoms with E-state index in [1.165, 1.54) is 11.3 Å². The first-order chi connectivity index (χ1) is 15.8. The van der Waals surface area contributed by atoms with E-state index >= 15 is 0 Å². The van der Waals surface area contributed by atoms with Gasteiger partial charge in [0.25, 0.3) is 5.91 Å². The first-order valence-corrected chi connectivity index (χ1v) is 12.0. The number of thiazole rings is 1. The Morgan fingerprint density at radius 2 is 1.91 bits per heavy atom. The van der Waals surface area contributed by atoms with Crippen LogP contribution in [-0.4, -0.2) is 76.5 Å². The number of carbonyl (C=O) groups excluding carboxylic acids is 3. The molecule has 1 aromatic heterocycles. The molecule has 2 heterocycles. The number of aromatic nitrogens is 1. The molecule has 1 aliphatic rings. The van der Waals surface area contributed by atoms with Gasteiger partial charge in [-0.25, -0.2) is 14.6 Å². The molecule has 33 heavy (non-hydrogen) atoms. The molecule has 1 N–H and O–H groups in total. The average molecular weight is 494 g/mol. The number of carbonyl (C=O) groups is 3. The summed E-state index contributed by atoms with van der Waals surface area (Å²) in [5, 5.41) is 5.76. The fraction of sp³-hybridized carbons (Fsp3) is 0.455. The lowest BCUT2D eigenvalue weighted by molar-refractivity contribution is 0.0566. The summed E-state index contributed by atoms with van der Waals surface area (Å²) in [6.45, 7) is 7.89. The highest BCUT2D eigenvalue weighted by Crippen LogP contribution is 2.19. The van der Waals surface area contributed by atoms with Crippen LogP contribution < -0.4 is 5.32 Å². The van der Waals surface area contributed by atoms with Gasteiger partial charge in [0.2, 0.25) is 0 Å². The number of halogens is 1. The van der Waals surface area contributed by atoms with Crippen LogP contribution in [0.2, 0.25) is 5.02 Å². The second kappa shape index (κ2) is 11.3. The van der Waals surface area contributed by atoms with E-state index < -0.39 is 0 Å². The summed E-state index contributed by atoms with van der Waals surface area (Å²) in [4.78, 5) is 46.9. The number of hydrogen-bond acceptors (Lipinski definition) is 6. The molecule has 0 bridgehead atoms. The largest absolute Gasteiger partial charge is 0.450 e. The molecular weight excluding hydrogens is 466 g/mol. The molecule has 0 unspecified atom stereocenters. The monoisotopic (exact) mass is 493 g/mol. The molecule has 0 spiro atoms. The van der Waals surface area contributed by atoms with Crippen molar-refractivity contribution in [3.05, 3.63) is 45.4 Å². The third-order valence-electron chi connectivity index (χ3n) is 5.13. The lowest BCUT2D eigenvalue weighted by Crippen LogP contribution is -2.50. The van der Waals surface area contributed by atoms with E-state index in [-0.39, 0.29) is 30.6 Å². The molecule has 1 saturated heterocycles. The zero-order valence-electron chi connectivity index (χ0n) is 18.9. The number of amides is 4. The summed E-state index contributed by atoms with van der Waals surface area (Å²) in [7, 11) is 0. The highest BCUT2D eigenvalue weighted by Gasteiger charge is 2.27. The maximum absolute atomic E-state index is 12.9. The van der Waals surface area contributed by atoms with Crippen LogP contribution in [0.5, 0.6) is 0 Å². The molecule has 1 fully saturated rings. The van der Waals surface area contributed by atoms with Gasteiger partial charge in [0.15, 0.2) is 0 Å². The van der Waals surface area contributed by atoms with Crippen LogP contribution in [-0.2, 0) is 11.3 Å². The number of hydrogen-bond donors (Lipinski definition) is 1. The Balaban J connectivity index is 1.59. The van der Waals surface area contributed by atoms with Crippen LogP contribution >= 0.6 is 22.9 Å². The number of nitrogens with one attached hydrogen (secondary N) is 1. The van der Waals surface area contributed by atoms with E-state index in [9.17, 15) is 14.4 Å². The second-order valence-corrected chi connectivity index (χ2v) is 9.15. The molecule has 0 radical (unpaired) electrons. The van der Waals surface area contributed by atoms with Gasteiger partial charge in [0.05, 0.1) is 13.2 Å². The fourth-order valence-corrected chi connectivity index (χ4v) is 4.30. The number of piperazine rings is 1. The molecule has 9 nitrogen and oxygen atoms in total. The number of benzene rings is 1. The topological polar surface area (TPSA) is 95.1 Å². The van der Waals surface area contributed by atoms with Gasteiger partial charge >= 0.3 is 12.1 Å².